The third kappa shape index (κ3) is 0.932. The molecule has 2 rings (SSSR count). The van der Waals surface area contributed by atoms with Crippen LogP contribution in [0.15, 0.2) is 0 Å². The summed E-state index contributed by atoms with van der Waals surface area (Å²) in [5.41, 5.74) is 5.36. The van der Waals surface area contributed by atoms with Crippen LogP contribution in [-0.2, 0) is 9.84 Å². The Kier molecular flexibility index (Phi) is 1.72. The smallest absolute Gasteiger partial charge is 0.158 e. The van der Waals surface area contributed by atoms with Crippen LogP contribution in [0.25, 0.3) is 0 Å². The van der Waals surface area contributed by atoms with Crippen molar-refractivity contribution in [2.24, 2.45) is 5.73 Å². The van der Waals surface area contributed by atoms with E-state index >= 15 is 0 Å². The molecular formula is C7H14N2O2S. The summed E-state index contributed by atoms with van der Waals surface area (Å²) in [5, 5.41) is 0. The molecule has 12 heavy (non-hydrogen) atoms. The van der Waals surface area contributed by atoms with Crippen molar-refractivity contribution < 1.29 is 8.42 Å². The van der Waals surface area contributed by atoms with Crippen molar-refractivity contribution in [1.29, 1.82) is 0 Å². The van der Waals surface area contributed by atoms with Gasteiger partial charge in [-0.1, -0.05) is 0 Å². The molecule has 2 saturated heterocycles. The predicted molar refractivity (Wildman–Crippen MR) is 46.6 cm³/mol. The Morgan fingerprint density at radius 2 is 2.08 bits per heavy atom. The van der Waals surface area contributed by atoms with Gasteiger partial charge in [0.25, 0.3) is 0 Å². The van der Waals surface area contributed by atoms with Crippen LogP contribution in [0, 0.1) is 0 Å². The van der Waals surface area contributed by atoms with E-state index < -0.39 is 9.84 Å². The summed E-state index contributed by atoms with van der Waals surface area (Å²) >= 11 is 0. The first-order valence-electron chi connectivity index (χ1n) is 4.24. The highest BCUT2D eigenvalue weighted by molar-refractivity contribution is 7.94. The van der Waals surface area contributed by atoms with Gasteiger partial charge < -0.3 is 5.73 Å². The second kappa shape index (κ2) is 2.43. The molecule has 0 unspecified atom stereocenters. The molecule has 2 aliphatic heterocycles. The van der Waals surface area contributed by atoms with Gasteiger partial charge in [0.1, 0.15) is 0 Å². The summed E-state index contributed by atoms with van der Waals surface area (Å²) in [6, 6.07) is 0. The zero-order chi connectivity index (χ0) is 8.82. The maximum Gasteiger partial charge on any atom is 0.158 e. The lowest BCUT2D eigenvalue weighted by molar-refractivity contribution is 0.109. The first-order valence-corrected chi connectivity index (χ1v) is 5.90. The summed E-state index contributed by atoms with van der Waals surface area (Å²) < 4.78 is 22.3. The monoisotopic (exact) mass is 190 g/mol. The summed E-state index contributed by atoms with van der Waals surface area (Å²) in [4.78, 5) is 2.11. The zero-order valence-corrected chi connectivity index (χ0v) is 7.81. The van der Waals surface area contributed by atoms with E-state index in [2.05, 4.69) is 4.90 Å². The maximum absolute atomic E-state index is 11.3. The van der Waals surface area contributed by atoms with Gasteiger partial charge in [0.05, 0.1) is 10.5 Å². The van der Waals surface area contributed by atoms with Crippen molar-refractivity contribution in [3.05, 3.63) is 0 Å². The third-order valence-corrected chi connectivity index (χ3v) is 5.48. The largest absolute Gasteiger partial charge is 0.329 e. The average Bonchev–Trinajstić information content (AvgIpc) is 1.93. The fourth-order valence-corrected chi connectivity index (χ4v) is 3.89. The number of likely N-dealkylation sites (tertiary alicyclic amines) is 1. The Bertz CT molecular complexity index is 280. The number of hydrogen-bond donors (Lipinski definition) is 1. The number of sulfone groups is 1. The first kappa shape index (κ1) is 8.47. The van der Waals surface area contributed by atoms with E-state index in [9.17, 15) is 8.42 Å². The van der Waals surface area contributed by atoms with Crippen molar-refractivity contribution in [3.8, 4) is 0 Å². The lowest BCUT2D eigenvalue weighted by Gasteiger charge is -2.54. The highest BCUT2D eigenvalue weighted by atomic mass is 32.2. The fourth-order valence-electron chi connectivity index (χ4n) is 2.02. The topological polar surface area (TPSA) is 63.4 Å². The van der Waals surface area contributed by atoms with Crippen molar-refractivity contribution in [1.82, 2.24) is 4.90 Å². The lowest BCUT2D eigenvalue weighted by atomic mass is 9.95. The highest BCUT2D eigenvalue weighted by Crippen LogP contribution is 2.41. The summed E-state index contributed by atoms with van der Waals surface area (Å²) in [5.74, 6) is 0.392. The molecule has 0 radical (unpaired) electrons. The minimum atomic E-state index is -2.72. The van der Waals surface area contributed by atoms with Crippen LogP contribution in [0.4, 0.5) is 0 Å². The molecule has 0 aliphatic carbocycles. The molecule has 4 nitrogen and oxygen atoms in total. The van der Waals surface area contributed by atoms with Gasteiger partial charge >= 0.3 is 0 Å². The molecule has 2 fully saturated rings. The molecule has 5 heteroatoms. The number of nitrogens with zero attached hydrogens (tertiary/aromatic N) is 1. The number of hydrogen-bond acceptors (Lipinski definition) is 4. The minimum Gasteiger partial charge on any atom is -0.329 e. The van der Waals surface area contributed by atoms with E-state index in [4.69, 9.17) is 5.73 Å². The maximum atomic E-state index is 11.3. The van der Waals surface area contributed by atoms with Gasteiger partial charge in [-0.2, -0.15) is 0 Å². The average molecular weight is 190 g/mol. The second-order valence-corrected chi connectivity index (χ2v) is 6.25. The van der Waals surface area contributed by atoms with Gasteiger partial charge in [-0.3, -0.25) is 4.90 Å². The van der Waals surface area contributed by atoms with E-state index in [1.807, 2.05) is 0 Å². The van der Waals surface area contributed by atoms with E-state index in [1.54, 1.807) is 0 Å². The quantitative estimate of drug-likeness (QED) is 0.595. The van der Waals surface area contributed by atoms with Crippen LogP contribution in [0.5, 0.6) is 0 Å². The molecule has 0 aromatic carbocycles. The Morgan fingerprint density at radius 3 is 2.42 bits per heavy atom. The van der Waals surface area contributed by atoms with Gasteiger partial charge in [-0.05, 0) is 6.42 Å². The third-order valence-electron chi connectivity index (χ3n) is 2.95. The molecular weight excluding hydrogens is 176 g/mol. The second-order valence-electron chi connectivity index (χ2n) is 3.75. The van der Waals surface area contributed by atoms with E-state index in [0.717, 1.165) is 13.0 Å². The molecule has 70 valence electrons. The van der Waals surface area contributed by atoms with Crippen LogP contribution in [0.1, 0.15) is 6.42 Å². The molecule has 2 aliphatic rings. The van der Waals surface area contributed by atoms with Gasteiger partial charge in [-0.15, -0.1) is 0 Å². The van der Waals surface area contributed by atoms with Crippen LogP contribution < -0.4 is 5.73 Å². The standard InChI is InChI=1S/C7H14N2O2S/c8-2-3-9-5-7(6-9)1-4-12(7,10)11/h1-6,8H2. The van der Waals surface area contributed by atoms with Gasteiger partial charge in [-0.25, -0.2) is 8.42 Å². The van der Waals surface area contributed by atoms with Gasteiger partial charge in [0.2, 0.25) is 0 Å². The summed E-state index contributed by atoms with van der Waals surface area (Å²) in [7, 11) is -2.72. The minimum absolute atomic E-state index is 0.345. The van der Waals surface area contributed by atoms with E-state index in [0.29, 0.717) is 25.4 Å². The fraction of sp³-hybridized carbons (Fsp3) is 1.00. The molecule has 0 aromatic rings. The molecule has 2 heterocycles. The van der Waals surface area contributed by atoms with E-state index in [1.165, 1.54) is 0 Å². The van der Waals surface area contributed by atoms with Crippen LogP contribution in [-0.4, -0.2) is 50.0 Å². The first-order chi connectivity index (χ1) is 5.60. The molecule has 0 atom stereocenters. The zero-order valence-electron chi connectivity index (χ0n) is 6.99. The Balaban J connectivity index is 1.96. The SMILES string of the molecule is NCCN1CC2(CCS2(=O)=O)C1. The predicted octanol–water partition coefficient (Wildman–Crippen LogP) is -1.18. The molecule has 0 saturated carbocycles. The molecule has 0 amide bonds. The van der Waals surface area contributed by atoms with Crippen molar-refractivity contribution >= 4 is 9.84 Å². The molecule has 1 spiro atoms. The Morgan fingerprint density at radius 1 is 1.42 bits per heavy atom. The summed E-state index contributed by atoms with van der Waals surface area (Å²) in [6.07, 6.45) is 0.858. The Labute approximate surface area is 72.6 Å². The van der Waals surface area contributed by atoms with Gasteiger partial charge in [0, 0.05) is 26.2 Å². The van der Waals surface area contributed by atoms with Crippen molar-refractivity contribution in [2.75, 3.05) is 31.9 Å². The van der Waals surface area contributed by atoms with Crippen LogP contribution in [0.2, 0.25) is 0 Å². The highest BCUT2D eigenvalue weighted by Gasteiger charge is 2.58. The number of rotatable bonds is 2. The number of nitrogens with two attached hydrogens (primary N) is 1. The van der Waals surface area contributed by atoms with Crippen LogP contribution in [0.3, 0.4) is 0 Å². The summed E-state index contributed by atoms with van der Waals surface area (Å²) in [6.45, 7) is 2.88. The van der Waals surface area contributed by atoms with Crippen molar-refractivity contribution in [2.45, 2.75) is 11.2 Å². The lowest BCUT2D eigenvalue weighted by Crippen LogP contribution is -2.72. The molecule has 0 aromatic heterocycles. The van der Waals surface area contributed by atoms with Gasteiger partial charge in [0.15, 0.2) is 9.84 Å². The molecule has 0 bridgehead atoms. The molecule has 2 N–H and O–H groups in total. The Hall–Kier alpha value is -0.130. The van der Waals surface area contributed by atoms with Crippen LogP contribution >= 0.6 is 0 Å². The van der Waals surface area contributed by atoms with Crippen molar-refractivity contribution in [3.63, 3.8) is 0 Å². The van der Waals surface area contributed by atoms with E-state index in [-0.39, 0.29) is 4.75 Å². The normalized spacial score (nSPS) is 31.1.